The average molecular weight is 297 g/mol. The van der Waals surface area contributed by atoms with Crippen molar-refractivity contribution in [1.29, 1.82) is 0 Å². The fraction of sp³-hybridized carbons (Fsp3) is 0.667. The van der Waals surface area contributed by atoms with Crippen LogP contribution in [0.1, 0.15) is 25.7 Å². The van der Waals surface area contributed by atoms with Gasteiger partial charge >= 0.3 is 0 Å². The molecule has 1 aromatic heterocycles. The Bertz CT molecular complexity index is 505. The summed E-state index contributed by atoms with van der Waals surface area (Å²) in [6, 6.07) is -0.298. The van der Waals surface area contributed by atoms with Crippen LogP contribution < -0.4 is 15.5 Å². The second-order valence-electron chi connectivity index (χ2n) is 5.05. The minimum absolute atomic E-state index is 0.0180. The van der Waals surface area contributed by atoms with Gasteiger partial charge in [-0.05, 0) is 37.3 Å². The van der Waals surface area contributed by atoms with Gasteiger partial charge in [-0.15, -0.1) is 0 Å². The van der Waals surface area contributed by atoms with Crippen LogP contribution in [0.5, 0.6) is 0 Å². The lowest BCUT2D eigenvalue weighted by molar-refractivity contribution is -0.123. The molecule has 2 saturated heterocycles. The van der Waals surface area contributed by atoms with E-state index >= 15 is 0 Å². The van der Waals surface area contributed by atoms with E-state index in [1.54, 1.807) is 0 Å². The number of nitrogens with zero attached hydrogens (tertiary/aromatic N) is 4. The molecule has 1 atom stereocenters. The fourth-order valence-electron chi connectivity index (χ4n) is 2.53. The van der Waals surface area contributed by atoms with Crippen molar-refractivity contribution in [3.8, 4) is 0 Å². The number of nitrogens with one attached hydrogen (secondary N) is 2. The van der Waals surface area contributed by atoms with Gasteiger partial charge in [-0.25, -0.2) is 0 Å². The van der Waals surface area contributed by atoms with Crippen LogP contribution >= 0.6 is 11.6 Å². The summed E-state index contributed by atoms with van der Waals surface area (Å²) in [6.45, 7) is 2.60. The van der Waals surface area contributed by atoms with E-state index in [2.05, 4.69) is 30.5 Å². The Hall–Kier alpha value is -1.63. The van der Waals surface area contributed by atoms with E-state index in [0.29, 0.717) is 11.9 Å². The Morgan fingerprint density at radius 2 is 2.00 bits per heavy atom. The predicted molar refractivity (Wildman–Crippen MR) is 75.9 cm³/mol. The minimum atomic E-state index is -0.298. The summed E-state index contributed by atoms with van der Waals surface area (Å²) in [4.78, 5) is 26.4. The van der Waals surface area contributed by atoms with Crippen LogP contribution in [0.15, 0.2) is 0 Å². The number of anilines is 2. The lowest BCUT2D eigenvalue weighted by Crippen LogP contribution is -2.44. The van der Waals surface area contributed by atoms with Crippen molar-refractivity contribution in [1.82, 2.24) is 20.3 Å². The highest BCUT2D eigenvalue weighted by molar-refractivity contribution is 6.28. The third-order valence-corrected chi connectivity index (χ3v) is 3.74. The summed E-state index contributed by atoms with van der Waals surface area (Å²) < 4.78 is 0. The van der Waals surface area contributed by atoms with Crippen LogP contribution in [0, 0.1) is 0 Å². The van der Waals surface area contributed by atoms with Gasteiger partial charge in [0.1, 0.15) is 6.04 Å². The van der Waals surface area contributed by atoms with Crippen molar-refractivity contribution < 1.29 is 4.79 Å². The van der Waals surface area contributed by atoms with E-state index in [9.17, 15) is 4.79 Å². The van der Waals surface area contributed by atoms with Gasteiger partial charge in [-0.1, -0.05) is 0 Å². The number of halogens is 1. The Kier molecular flexibility index (Phi) is 3.86. The van der Waals surface area contributed by atoms with Gasteiger partial charge in [0.05, 0.1) is 0 Å². The maximum atomic E-state index is 11.7. The Morgan fingerprint density at radius 3 is 2.75 bits per heavy atom. The molecule has 0 bridgehead atoms. The normalized spacial score (nSPS) is 22.8. The lowest BCUT2D eigenvalue weighted by atomic mass is 10.1. The van der Waals surface area contributed by atoms with Gasteiger partial charge in [0.25, 0.3) is 0 Å². The molecule has 20 heavy (non-hydrogen) atoms. The molecule has 1 unspecified atom stereocenters. The van der Waals surface area contributed by atoms with Crippen LogP contribution in [0.2, 0.25) is 5.28 Å². The second kappa shape index (κ2) is 5.78. The summed E-state index contributed by atoms with van der Waals surface area (Å²) in [6.07, 6.45) is 3.99. The molecule has 1 amide bonds. The molecule has 0 aromatic carbocycles. The Balaban J connectivity index is 1.76. The van der Waals surface area contributed by atoms with Crippen LogP contribution in [-0.2, 0) is 4.79 Å². The van der Waals surface area contributed by atoms with E-state index < -0.39 is 0 Å². The van der Waals surface area contributed by atoms with E-state index in [4.69, 9.17) is 11.6 Å². The van der Waals surface area contributed by atoms with Crippen molar-refractivity contribution >= 4 is 29.4 Å². The number of aromatic nitrogens is 3. The molecular formula is C12H17ClN6O. The molecule has 0 saturated carbocycles. The summed E-state index contributed by atoms with van der Waals surface area (Å²) in [5.41, 5.74) is 0. The molecule has 1 aromatic rings. The summed E-state index contributed by atoms with van der Waals surface area (Å²) >= 11 is 5.95. The van der Waals surface area contributed by atoms with Gasteiger partial charge in [-0.2, -0.15) is 15.0 Å². The van der Waals surface area contributed by atoms with Gasteiger partial charge in [0, 0.05) is 19.6 Å². The predicted octanol–water partition coefficient (Wildman–Crippen LogP) is 0.816. The molecule has 7 nitrogen and oxygen atoms in total. The van der Waals surface area contributed by atoms with Gasteiger partial charge in [0.15, 0.2) is 0 Å². The number of rotatable bonds is 3. The SMILES string of the molecule is O=C1NCCCC1Nc1nc(Cl)nc(N2CCCC2)n1. The first-order valence-electron chi connectivity index (χ1n) is 6.93. The first kappa shape index (κ1) is 13.4. The van der Waals surface area contributed by atoms with E-state index in [-0.39, 0.29) is 17.2 Å². The summed E-state index contributed by atoms with van der Waals surface area (Å²) in [5.74, 6) is 0.936. The molecule has 2 aliphatic rings. The number of carbonyl (C=O) groups excluding carboxylic acids is 1. The number of hydrogen-bond donors (Lipinski definition) is 2. The molecule has 2 N–H and O–H groups in total. The quantitative estimate of drug-likeness (QED) is 0.859. The Labute approximate surface area is 122 Å². The number of piperidine rings is 1. The van der Waals surface area contributed by atoms with Crippen LogP contribution in [-0.4, -0.2) is 46.5 Å². The van der Waals surface area contributed by atoms with Crippen molar-refractivity contribution in [2.45, 2.75) is 31.7 Å². The number of amides is 1. The second-order valence-corrected chi connectivity index (χ2v) is 5.39. The monoisotopic (exact) mass is 296 g/mol. The van der Waals surface area contributed by atoms with E-state index in [0.717, 1.165) is 45.3 Å². The third kappa shape index (κ3) is 2.92. The largest absolute Gasteiger partial charge is 0.354 e. The molecule has 3 rings (SSSR count). The standard InChI is InChI=1S/C12H17ClN6O/c13-10-16-11(15-8-4-3-5-14-9(8)20)18-12(17-10)19-6-1-2-7-19/h8H,1-7H2,(H,14,20)(H,15,16,17,18). The maximum Gasteiger partial charge on any atom is 0.242 e. The molecule has 2 fully saturated rings. The fourth-order valence-corrected chi connectivity index (χ4v) is 2.68. The molecular weight excluding hydrogens is 280 g/mol. The van der Waals surface area contributed by atoms with Gasteiger partial charge in [0.2, 0.25) is 23.1 Å². The summed E-state index contributed by atoms with van der Waals surface area (Å²) in [7, 11) is 0. The highest BCUT2D eigenvalue weighted by atomic mass is 35.5. The number of carbonyl (C=O) groups is 1. The van der Waals surface area contributed by atoms with Crippen LogP contribution in [0.4, 0.5) is 11.9 Å². The van der Waals surface area contributed by atoms with Crippen molar-refractivity contribution in [2.75, 3.05) is 29.9 Å². The van der Waals surface area contributed by atoms with Gasteiger partial charge in [-0.3, -0.25) is 4.79 Å². The van der Waals surface area contributed by atoms with Crippen LogP contribution in [0.25, 0.3) is 0 Å². The zero-order chi connectivity index (χ0) is 13.9. The topological polar surface area (TPSA) is 83.0 Å². The number of hydrogen-bond acceptors (Lipinski definition) is 6. The molecule has 8 heteroatoms. The zero-order valence-electron chi connectivity index (χ0n) is 11.1. The van der Waals surface area contributed by atoms with Crippen LogP contribution in [0.3, 0.4) is 0 Å². The lowest BCUT2D eigenvalue weighted by Gasteiger charge is -2.23. The summed E-state index contributed by atoms with van der Waals surface area (Å²) in [5, 5.41) is 6.02. The molecule has 2 aliphatic heterocycles. The van der Waals surface area contributed by atoms with Gasteiger partial charge < -0.3 is 15.5 Å². The smallest absolute Gasteiger partial charge is 0.242 e. The molecule has 0 spiro atoms. The maximum absolute atomic E-state index is 11.7. The minimum Gasteiger partial charge on any atom is -0.354 e. The first-order valence-corrected chi connectivity index (χ1v) is 7.31. The third-order valence-electron chi connectivity index (χ3n) is 3.57. The highest BCUT2D eigenvalue weighted by Gasteiger charge is 2.24. The van der Waals surface area contributed by atoms with E-state index in [1.165, 1.54) is 0 Å². The molecule has 0 radical (unpaired) electrons. The molecule has 108 valence electrons. The first-order chi connectivity index (χ1) is 9.72. The van der Waals surface area contributed by atoms with Crippen molar-refractivity contribution in [3.05, 3.63) is 5.28 Å². The zero-order valence-corrected chi connectivity index (χ0v) is 11.9. The van der Waals surface area contributed by atoms with Crippen molar-refractivity contribution in [2.24, 2.45) is 0 Å². The highest BCUT2D eigenvalue weighted by Crippen LogP contribution is 2.19. The molecule has 0 aliphatic carbocycles. The van der Waals surface area contributed by atoms with E-state index in [1.807, 2.05) is 0 Å². The van der Waals surface area contributed by atoms with Crippen molar-refractivity contribution in [3.63, 3.8) is 0 Å². The molecule has 3 heterocycles. The average Bonchev–Trinajstić information content (AvgIpc) is 2.95. The Morgan fingerprint density at radius 1 is 1.20 bits per heavy atom.